The van der Waals surface area contributed by atoms with Gasteiger partial charge in [-0.15, -0.1) is 0 Å². The van der Waals surface area contributed by atoms with Crippen molar-refractivity contribution < 1.29 is 9.21 Å². The molecule has 0 spiro atoms. The molecule has 0 saturated carbocycles. The van der Waals surface area contributed by atoms with E-state index >= 15 is 0 Å². The predicted molar refractivity (Wildman–Crippen MR) is 105 cm³/mol. The zero-order valence-corrected chi connectivity index (χ0v) is 14.7. The van der Waals surface area contributed by atoms with Crippen LogP contribution >= 0.6 is 0 Å². The third-order valence-electron chi connectivity index (χ3n) is 4.20. The Morgan fingerprint density at radius 3 is 2.44 bits per heavy atom. The Labute approximate surface area is 157 Å². The van der Waals surface area contributed by atoms with Crippen LogP contribution in [0, 0.1) is 0 Å². The number of aryl methyl sites for hydroxylation is 1. The number of carbonyl (C=O) groups is 1. The molecular weight excluding hydrogens is 338 g/mol. The number of hydrogen-bond acceptors (Lipinski definition) is 3. The van der Waals surface area contributed by atoms with Crippen LogP contribution < -0.4 is 5.32 Å². The lowest BCUT2D eigenvalue weighted by Gasteiger charge is -2.02. The number of para-hydroxylation sites is 1. The fraction of sp³-hybridized carbons (Fsp3) is 0.0909. The zero-order chi connectivity index (χ0) is 18.5. The van der Waals surface area contributed by atoms with Crippen molar-refractivity contribution in [2.75, 3.05) is 5.32 Å². The summed E-state index contributed by atoms with van der Waals surface area (Å²) < 4.78 is 7.56. The minimum Gasteiger partial charge on any atom is -0.461 e. The van der Waals surface area contributed by atoms with Gasteiger partial charge < -0.3 is 9.73 Å². The van der Waals surface area contributed by atoms with Gasteiger partial charge in [0.2, 0.25) is 5.91 Å². The first-order valence-electron chi connectivity index (χ1n) is 8.83. The van der Waals surface area contributed by atoms with Gasteiger partial charge in [-0.1, -0.05) is 48.5 Å². The molecule has 0 aliphatic carbocycles. The van der Waals surface area contributed by atoms with Crippen LogP contribution in [0.2, 0.25) is 0 Å². The molecule has 2 aromatic heterocycles. The van der Waals surface area contributed by atoms with Crippen LogP contribution in [-0.4, -0.2) is 15.7 Å². The molecule has 134 valence electrons. The molecule has 0 atom stereocenters. The molecule has 5 nitrogen and oxygen atoms in total. The number of carbonyl (C=O) groups excluding carboxylic acids is 1. The lowest BCUT2D eigenvalue weighted by atomic mass is 10.2. The van der Waals surface area contributed by atoms with Gasteiger partial charge in [-0.3, -0.25) is 4.79 Å². The molecule has 4 rings (SSSR count). The summed E-state index contributed by atoms with van der Waals surface area (Å²) in [5.74, 6) is 2.05. The Hall–Kier alpha value is -3.60. The van der Waals surface area contributed by atoms with Crippen LogP contribution in [0.15, 0.2) is 89.5 Å². The van der Waals surface area contributed by atoms with E-state index in [9.17, 15) is 4.79 Å². The van der Waals surface area contributed by atoms with Crippen molar-refractivity contribution in [1.29, 1.82) is 0 Å². The highest BCUT2D eigenvalue weighted by atomic mass is 16.3. The van der Waals surface area contributed by atoms with Crippen molar-refractivity contribution in [3.63, 3.8) is 0 Å². The van der Waals surface area contributed by atoms with Gasteiger partial charge >= 0.3 is 0 Å². The Morgan fingerprint density at radius 1 is 0.926 bits per heavy atom. The van der Waals surface area contributed by atoms with Crippen LogP contribution in [0.5, 0.6) is 0 Å². The molecule has 0 aliphatic heterocycles. The van der Waals surface area contributed by atoms with Gasteiger partial charge in [0.25, 0.3) is 0 Å². The highest BCUT2D eigenvalue weighted by Gasteiger charge is 2.09. The van der Waals surface area contributed by atoms with Gasteiger partial charge in [0.1, 0.15) is 11.5 Å². The molecule has 2 aromatic carbocycles. The second-order valence-corrected chi connectivity index (χ2v) is 6.16. The van der Waals surface area contributed by atoms with Crippen LogP contribution in [-0.2, 0) is 11.2 Å². The van der Waals surface area contributed by atoms with Gasteiger partial charge in [-0.2, -0.15) is 5.10 Å². The summed E-state index contributed by atoms with van der Waals surface area (Å²) in [6.45, 7) is 0. The maximum Gasteiger partial charge on any atom is 0.226 e. The Morgan fingerprint density at radius 2 is 1.67 bits per heavy atom. The first-order valence-corrected chi connectivity index (χ1v) is 8.83. The quantitative estimate of drug-likeness (QED) is 0.544. The molecule has 1 amide bonds. The Bertz CT molecular complexity index is 1020. The summed E-state index contributed by atoms with van der Waals surface area (Å²) in [4.78, 5) is 12.2. The van der Waals surface area contributed by atoms with E-state index in [-0.39, 0.29) is 5.91 Å². The van der Waals surface area contributed by atoms with Crippen molar-refractivity contribution in [3.05, 3.63) is 90.8 Å². The Balaban J connectivity index is 1.33. The minimum atomic E-state index is -0.0917. The average Bonchev–Trinajstić information content (AvgIpc) is 3.37. The molecule has 4 aromatic rings. The molecule has 5 heteroatoms. The zero-order valence-electron chi connectivity index (χ0n) is 14.7. The number of furan rings is 1. The fourth-order valence-electron chi connectivity index (χ4n) is 2.83. The normalized spacial score (nSPS) is 10.7. The summed E-state index contributed by atoms with van der Waals surface area (Å²) in [6, 6.07) is 25.3. The SMILES string of the molecule is O=C(CCc1ccc(-c2ccccc2)o1)Nc1ccn(-c2ccccc2)n1. The average molecular weight is 357 g/mol. The third-order valence-corrected chi connectivity index (χ3v) is 4.20. The van der Waals surface area contributed by atoms with E-state index in [1.807, 2.05) is 79.0 Å². The summed E-state index contributed by atoms with van der Waals surface area (Å²) in [7, 11) is 0. The number of anilines is 1. The first-order chi connectivity index (χ1) is 13.3. The second kappa shape index (κ2) is 7.74. The number of nitrogens with zero attached hydrogens (tertiary/aromatic N) is 2. The standard InChI is InChI=1S/C22H19N3O2/c26-22(23-21-15-16-25(24-21)18-9-5-2-6-10-18)14-12-19-11-13-20(27-19)17-7-3-1-4-8-17/h1-11,13,15-16H,12,14H2,(H,23,24,26). The minimum absolute atomic E-state index is 0.0917. The molecule has 27 heavy (non-hydrogen) atoms. The number of hydrogen-bond donors (Lipinski definition) is 1. The summed E-state index contributed by atoms with van der Waals surface area (Å²) >= 11 is 0. The monoisotopic (exact) mass is 357 g/mol. The topological polar surface area (TPSA) is 60.1 Å². The van der Waals surface area contributed by atoms with Crippen molar-refractivity contribution in [1.82, 2.24) is 9.78 Å². The number of amides is 1. The molecule has 0 saturated heterocycles. The Kier molecular flexibility index (Phi) is 4.83. The number of benzene rings is 2. The molecule has 1 N–H and O–H groups in total. The van der Waals surface area contributed by atoms with E-state index in [4.69, 9.17) is 4.42 Å². The predicted octanol–water partition coefficient (Wildman–Crippen LogP) is 4.70. The van der Waals surface area contributed by atoms with Gasteiger partial charge in [-0.25, -0.2) is 4.68 Å². The fourth-order valence-corrected chi connectivity index (χ4v) is 2.83. The molecule has 2 heterocycles. The van der Waals surface area contributed by atoms with Gasteiger partial charge in [0, 0.05) is 30.7 Å². The lowest BCUT2D eigenvalue weighted by molar-refractivity contribution is -0.116. The molecule has 0 radical (unpaired) electrons. The molecule has 0 bridgehead atoms. The van der Waals surface area contributed by atoms with E-state index in [2.05, 4.69) is 10.4 Å². The van der Waals surface area contributed by atoms with E-state index < -0.39 is 0 Å². The largest absolute Gasteiger partial charge is 0.461 e. The molecule has 0 aliphatic rings. The highest BCUT2D eigenvalue weighted by Crippen LogP contribution is 2.22. The third kappa shape index (κ3) is 4.15. The lowest BCUT2D eigenvalue weighted by Crippen LogP contribution is -2.12. The second-order valence-electron chi connectivity index (χ2n) is 6.16. The van der Waals surface area contributed by atoms with Gasteiger partial charge in [0.15, 0.2) is 5.82 Å². The van der Waals surface area contributed by atoms with Crippen molar-refractivity contribution in [3.8, 4) is 17.0 Å². The maximum atomic E-state index is 12.2. The molecule has 0 fully saturated rings. The van der Waals surface area contributed by atoms with Gasteiger partial charge in [-0.05, 0) is 24.3 Å². The number of nitrogens with one attached hydrogen (secondary N) is 1. The van der Waals surface area contributed by atoms with Crippen LogP contribution in [0.1, 0.15) is 12.2 Å². The molecule has 0 unspecified atom stereocenters. The number of rotatable bonds is 6. The van der Waals surface area contributed by atoms with Crippen LogP contribution in [0.3, 0.4) is 0 Å². The van der Waals surface area contributed by atoms with Crippen molar-refractivity contribution >= 4 is 11.7 Å². The van der Waals surface area contributed by atoms with Crippen molar-refractivity contribution in [2.45, 2.75) is 12.8 Å². The highest BCUT2D eigenvalue weighted by molar-refractivity contribution is 5.89. The van der Waals surface area contributed by atoms with Crippen LogP contribution in [0.25, 0.3) is 17.0 Å². The summed E-state index contributed by atoms with van der Waals surface area (Å²) in [5.41, 5.74) is 1.97. The van der Waals surface area contributed by atoms with Crippen LogP contribution in [0.4, 0.5) is 5.82 Å². The van der Waals surface area contributed by atoms with Crippen molar-refractivity contribution in [2.24, 2.45) is 0 Å². The first kappa shape index (κ1) is 16.8. The number of aromatic nitrogens is 2. The van der Waals surface area contributed by atoms with E-state index in [1.165, 1.54) is 0 Å². The van der Waals surface area contributed by atoms with E-state index in [1.54, 1.807) is 10.7 Å². The summed E-state index contributed by atoms with van der Waals surface area (Å²) in [5, 5.41) is 7.21. The molecular formula is C22H19N3O2. The summed E-state index contributed by atoms with van der Waals surface area (Å²) in [6.07, 6.45) is 2.70. The smallest absolute Gasteiger partial charge is 0.226 e. The maximum absolute atomic E-state index is 12.2. The van der Waals surface area contributed by atoms with E-state index in [0.717, 1.165) is 22.8 Å². The van der Waals surface area contributed by atoms with E-state index in [0.29, 0.717) is 18.7 Å². The van der Waals surface area contributed by atoms with Gasteiger partial charge in [0.05, 0.1) is 5.69 Å².